The lowest BCUT2D eigenvalue weighted by Crippen LogP contribution is -2.10. The minimum absolute atomic E-state index is 0.0600. The van der Waals surface area contributed by atoms with E-state index in [0.717, 1.165) is 4.47 Å². The van der Waals surface area contributed by atoms with Crippen LogP contribution in [0.1, 0.15) is 0 Å². The van der Waals surface area contributed by atoms with Crippen molar-refractivity contribution < 1.29 is 17.3 Å². The van der Waals surface area contributed by atoms with Crippen molar-refractivity contribution in [3.8, 4) is 0 Å². The third-order valence-electron chi connectivity index (χ3n) is 1.91. The highest BCUT2D eigenvalue weighted by Gasteiger charge is 2.26. The number of rotatable bonds is 4. The molecule has 1 aromatic rings. The van der Waals surface area contributed by atoms with Gasteiger partial charge in [-0.25, -0.2) is 0 Å². The van der Waals surface area contributed by atoms with Crippen molar-refractivity contribution in [2.24, 2.45) is 0 Å². The van der Waals surface area contributed by atoms with Crippen molar-refractivity contribution in [2.75, 3.05) is 13.2 Å². The molecule has 0 spiro atoms. The van der Waals surface area contributed by atoms with Gasteiger partial charge in [-0.3, -0.25) is 4.18 Å². The highest BCUT2D eigenvalue weighted by Crippen LogP contribution is 2.18. The SMILES string of the molecule is O=S(=O)(OC[C@H]1CO1)c1ccc(Br)cc1. The van der Waals surface area contributed by atoms with Gasteiger partial charge in [0.15, 0.2) is 0 Å². The minimum Gasteiger partial charge on any atom is -0.371 e. The first kappa shape index (κ1) is 11.1. The Bertz CT molecular complexity index is 436. The Hall–Kier alpha value is -0.430. The zero-order chi connectivity index (χ0) is 10.9. The van der Waals surface area contributed by atoms with Crippen LogP contribution in [0, 0.1) is 0 Å². The normalized spacial score (nSPS) is 20.2. The van der Waals surface area contributed by atoms with Gasteiger partial charge in [-0.2, -0.15) is 8.42 Å². The molecule has 1 heterocycles. The van der Waals surface area contributed by atoms with E-state index < -0.39 is 10.1 Å². The van der Waals surface area contributed by atoms with Crippen LogP contribution < -0.4 is 0 Å². The van der Waals surface area contributed by atoms with E-state index in [1.54, 1.807) is 12.1 Å². The topological polar surface area (TPSA) is 55.9 Å². The van der Waals surface area contributed by atoms with Crippen LogP contribution in [0.2, 0.25) is 0 Å². The summed E-state index contributed by atoms with van der Waals surface area (Å²) in [6, 6.07) is 6.30. The largest absolute Gasteiger partial charge is 0.371 e. The van der Waals surface area contributed by atoms with Gasteiger partial charge in [0, 0.05) is 4.47 Å². The highest BCUT2D eigenvalue weighted by molar-refractivity contribution is 9.10. The molecule has 1 atom stereocenters. The van der Waals surface area contributed by atoms with Crippen LogP contribution in [-0.2, 0) is 19.0 Å². The Morgan fingerprint density at radius 3 is 2.53 bits per heavy atom. The molecule has 0 unspecified atom stereocenters. The standard InChI is InChI=1S/C9H9BrO4S/c10-7-1-3-9(4-2-7)15(11,12)14-6-8-5-13-8/h1-4,8H,5-6H2/t8-/m1/s1. The van der Waals surface area contributed by atoms with Crippen LogP contribution in [0.3, 0.4) is 0 Å². The van der Waals surface area contributed by atoms with E-state index in [1.807, 2.05) is 0 Å². The maximum Gasteiger partial charge on any atom is 0.297 e. The van der Waals surface area contributed by atoms with Gasteiger partial charge in [0.1, 0.15) is 6.10 Å². The lowest BCUT2D eigenvalue weighted by Gasteiger charge is -2.03. The molecule has 0 aromatic heterocycles. The molecule has 1 aliphatic rings. The van der Waals surface area contributed by atoms with Crippen molar-refractivity contribution in [3.63, 3.8) is 0 Å². The second kappa shape index (κ2) is 4.21. The summed E-state index contributed by atoms with van der Waals surface area (Å²) in [4.78, 5) is 0.159. The summed E-state index contributed by atoms with van der Waals surface area (Å²) in [6.07, 6.45) is -0.0600. The van der Waals surface area contributed by atoms with Crippen LogP contribution in [0.25, 0.3) is 0 Å². The van der Waals surface area contributed by atoms with Crippen molar-refractivity contribution >= 4 is 26.0 Å². The van der Waals surface area contributed by atoms with Gasteiger partial charge in [-0.15, -0.1) is 0 Å². The van der Waals surface area contributed by atoms with Crippen LogP contribution in [0.15, 0.2) is 33.6 Å². The third kappa shape index (κ3) is 3.01. The van der Waals surface area contributed by atoms with Crippen LogP contribution >= 0.6 is 15.9 Å². The first-order chi connectivity index (χ1) is 7.08. The van der Waals surface area contributed by atoms with Gasteiger partial charge in [0.2, 0.25) is 0 Å². The average Bonchev–Trinajstić information content (AvgIpc) is 2.99. The lowest BCUT2D eigenvalue weighted by molar-refractivity contribution is 0.266. The Morgan fingerprint density at radius 2 is 2.00 bits per heavy atom. The Morgan fingerprint density at radius 1 is 1.40 bits per heavy atom. The number of hydrogen-bond acceptors (Lipinski definition) is 4. The molecular formula is C9H9BrO4S. The molecule has 0 saturated carbocycles. The zero-order valence-corrected chi connectivity index (χ0v) is 10.1. The summed E-state index contributed by atoms with van der Waals surface area (Å²) in [6.45, 7) is 0.675. The van der Waals surface area contributed by atoms with Gasteiger partial charge in [-0.05, 0) is 24.3 Å². The van der Waals surface area contributed by atoms with Gasteiger partial charge < -0.3 is 4.74 Å². The summed E-state index contributed by atoms with van der Waals surface area (Å²) in [7, 11) is -3.63. The second-order valence-corrected chi connectivity index (χ2v) is 5.68. The fourth-order valence-electron chi connectivity index (χ4n) is 0.999. The summed E-state index contributed by atoms with van der Waals surface area (Å²) in [5, 5.41) is 0. The van der Waals surface area contributed by atoms with E-state index in [1.165, 1.54) is 12.1 Å². The maximum absolute atomic E-state index is 11.6. The molecule has 0 aliphatic carbocycles. The monoisotopic (exact) mass is 292 g/mol. The average molecular weight is 293 g/mol. The quantitative estimate of drug-likeness (QED) is 0.624. The van der Waals surface area contributed by atoms with Crippen molar-refractivity contribution in [1.82, 2.24) is 0 Å². The summed E-state index contributed by atoms with van der Waals surface area (Å²) in [5.74, 6) is 0. The van der Waals surface area contributed by atoms with Crippen molar-refractivity contribution in [1.29, 1.82) is 0 Å². The number of halogens is 1. The Balaban J connectivity index is 2.09. The molecule has 82 valence electrons. The smallest absolute Gasteiger partial charge is 0.297 e. The molecule has 0 amide bonds. The van der Waals surface area contributed by atoms with Crippen molar-refractivity contribution in [3.05, 3.63) is 28.7 Å². The third-order valence-corrected chi connectivity index (χ3v) is 3.74. The maximum atomic E-state index is 11.6. The van der Waals surface area contributed by atoms with E-state index >= 15 is 0 Å². The fourth-order valence-corrected chi connectivity index (χ4v) is 2.20. The molecule has 15 heavy (non-hydrogen) atoms. The summed E-state index contributed by atoms with van der Waals surface area (Å²) >= 11 is 3.23. The fraction of sp³-hybridized carbons (Fsp3) is 0.333. The molecule has 0 bridgehead atoms. The molecule has 1 aromatic carbocycles. The molecule has 6 heteroatoms. The van der Waals surface area contributed by atoms with Crippen LogP contribution in [0.4, 0.5) is 0 Å². The summed E-state index contributed by atoms with van der Waals surface area (Å²) < 4.78 is 33.7. The van der Waals surface area contributed by atoms with E-state index in [9.17, 15) is 8.42 Å². The first-order valence-corrected chi connectivity index (χ1v) is 6.55. The highest BCUT2D eigenvalue weighted by atomic mass is 79.9. The molecular weight excluding hydrogens is 284 g/mol. The van der Waals surface area contributed by atoms with Gasteiger partial charge in [-0.1, -0.05) is 15.9 Å². The second-order valence-electron chi connectivity index (χ2n) is 3.15. The van der Waals surface area contributed by atoms with Gasteiger partial charge in [0.25, 0.3) is 10.1 Å². The van der Waals surface area contributed by atoms with Crippen LogP contribution in [0.5, 0.6) is 0 Å². The van der Waals surface area contributed by atoms with E-state index in [-0.39, 0.29) is 17.6 Å². The van der Waals surface area contributed by atoms with E-state index in [4.69, 9.17) is 8.92 Å². The molecule has 0 N–H and O–H groups in total. The molecule has 1 saturated heterocycles. The number of ether oxygens (including phenoxy) is 1. The van der Waals surface area contributed by atoms with Gasteiger partial charge in [0.05, 0.1) is 18.1 Å². The Kier molecular flexibility index (Phi) is 3.11. The number of hydrogen-bond donors (Lipinski definition) is 0. The van der Waals surface area contributed by atoms with Crippen molar-refractivity contribution in [2.45, 2.75) is 11.0 Å². The molecule has 0 radical (unpaired) electrons. The van der Waals surface area contributed by atoms with E-state index in [0.29, 0.717) is 6.61 Å². The minimum atomic E-state index is -3.63. The number of epoxide rings is 1. The molecule has 4 nitrogen and oxygen atoms in total. The predicted molar refractivity (Wildman–Crippen MR) is 57.0 cm³/mol. The first-order valence-electron chi connectivity index (χ1n) is 4.34. The summed E-state index contributed by atoms with van der Waals surface area (Å²) in [5.41, 5.74) is 0. The predicted octanol–water partition coefficient (Wildman–Crippen LogP) is 1.55. The lowest BCUT2D eigenvalue weighted by atomic mass is 10.4. The number of benzene rings is 1. The van der Waals surface area contributed by atoms with Crippen LogP contribution in [-0.4, -0.2) is 27.7 Å². The Labute approximate surface area is 96.4 Å². The molecule has 1 aliphatic heterocycles. The van der Waals surface area contributed by atoms with E-state index in [2.05, 4.69) is 15.9 Å². The molecule has 1 fully saturated rings. The molecule has 2 rings (SSSR count). The van der Waals surface area contributed by atoms with Gasteiger partial charge >= 0.3 is 0 Å². The zero-order valence-electron chi connectivity index (χ0n) is 7.72.